The second-order valence-electron chi connectivity index (χ2n) is 5.68. The minimum absolute atomic E-state index is 0.00383. The second-order valence-corrected chi connectivity index (χ2v) is 6.74. The van der Waals surface area contributed by atoms with Gasteiger partial charge in [0.15, 0.2) is 0 Å². The summed E-state index contributed by atoms with van der Waals surface area (Å²) in [5, 5.41) is 3.23. The lowest BCUT2D eigenvalue weighted by atomic mass is 10.2. The highest BCUT2D eigenvalue weighted by atomic mass is 32.2. The molecule has 1 fully saturated rings. The number of hydrogen-bond donors (Lipinski definition) is 1. The molecule has 3 rings (SSSR count). The third-order valence-corrected chi connectivity index (χ3v) is 4.79. The zero-order valence-corrected chi connectivity index (χ0v) is 14.0. The molecule has 3 nitrogen and oxygen atoms in total. The maximum absolute atomic E-state index is 13.3. The van der Waals surface area contributed by atoms with E-state index in [-0.39, 0.29) is 5.03 Å². The lowest BCUT2D eigenvalue weighted by Gasteiger charge is -2.29. The van der Waals surface area contributed by atoms with Crippen LogP contribution >= 0.6 is 11.8 Å². The Hall–Kier alpha value is -1.73. The van der Waals surface area contributed by atoms with Gasteiger partial charge in [0.25, 0.3) is 0 Å². The van der Waals surface area contributed by atoms with E-state index in [2.05, 4.69) is 10.3 Å². The number of benzene rings is 1. The molecule has 0 aliphatic carbocycles. The van der Waals surface area contributed by atoms with E-state index in [4.69, 9.17) is 0 Å². The SMILES string of the molecule is Cc1cccc(Sc2nc(N3CCNCC3)ccc2C(F)(F)F)c1. The van der Waals surface area contributed by atoms with Crippen molar-refractivity contribution < 1.29 is 13.2 Å². The highest BCUT2D eigenvalue weighted by Crippen LogP contribution is 2.39. The normalized spacial score (nSPS) is 15.6. The molecule has 0 bridgehead atoms. The molecule has 2 heterocycles. The van der Waals surface area contributed by atoms with Gasteiger partial charge in [-0.3, -0.25) is 0 Å². The summed E-state index contributed by atoms with van der Waals surface area (Å²) >= 11 is 1.06. The topological polar surface area (TPSA) is 28.2 Å². The van der Waals surface area contributed by atoms with Crippen LogP contribution in [-0.4, -0.2) is 31.2 Å². The predicted molar refractivity (Wildman–Crippen MR) is 89.6 cm³/mol. The minimum Gasteiger partial charge on any atom is -0.354 e. The van der Waals surface area contributed by atoms with E-state index in [0.717, 1.165) is 54.5 Å². The number of nitrogens with zero attached hydrogens (tertiary/aromatic N) is 2. The molecular weight excluding hydrogens is 335 g/mol. The molecule has 1 saturated heterocycles. The largest absolute Gasteiger partial charge is 0.419 e. The second kappa shape index (κ2) is 7.03. The minimum atomic E-state index is -4.42. The van der Waals surface area contributed by atoms with Crippen molar-refractivity contribution >= 4 is 17.6 Å². The third-order valence-electron chi connectivity index (χ3n) is 3.80. The first-order chi connectivity index (χ1) is 11.4. The van der Waals surface area contributed by atoms with Gasteiger partial charge in [-0.25, -0.2) is 4.98 Å². The number of aryl methyl sites for hydroxylation is 1. The smallest absolute Gasteiger partial charge is 0.354 e. The fourth-order valence-corrected chi connectivity index (χ4v) is 3.63. The van der Waals surface area contributed by atoms with Crippen LogP contribution in [0.5, 0.6) is 0 Å². The summed E-state index contributed by atoms with van der Waals surface area (Å²) < 4.78 is 40.0. The number of anilines is 1. The Balaban J connectivity index is 1.96. The first-order valence-corrected chi connectivity index (χ1v) is 8.53. The summed E-state index contributed by atoms with van der Waals surface area (Å²) in [6.45, 7) is 5.02. The quantitative estimate of drug-likeness (QED) is 0.904. The first-order valence-electron chi connectivity index (χ1n) is 7.72. The molecule has 1 aliphatic heterocycles. The van der Waals surface area contributed by atoms with Gasteiger partial charge >= 0.3 is 6.18 Å². The van der Waals surface area contributed by atoms with E-state index < -0.39 is 11.7 Å². The average Bonchev–Trinajstić information content (AvgIpc) is 2.54. The van der Waals surface area contributed by atoms with Crippen molar-refractivity contribution in [3.63, 3.8) is 0 Å². The van der Waals surface area contributed by atoms with Crippen LogP contribution in [-0.2, 0) is 6.18 Å². The van der Waals surface area contributed by atoms with Gasteiger partial charge < -0.3 is 10.2 Å². The van der Waals surface area contributed by atoms with Crippen LogP contribution in [0.4, 0.5) is 19.0 Å². The van der Waals surface area contributed by atoms with Gasteiger partial charge in [0, 0.05) is 31.1 Å². The van der Waals surface area contributed by atoms with E-state index in [1.165, 1.54) is 6.07 Å². The molecule has 7 heteroatoms. The molecule has 0 saturated carbocycles. The van der Waals surface area contributed by atoms with Crippen LogP contribution < -0.4 is 10.2 Å². The number of piperazine rings is 1. The zero-order chi connectivity index (χ0) is 17.2. The van der Waals surface area contributed by atoms with Gasteiger partial charge in [0.1, 0.15) is 10.8 Å². The molecular formula is C17H18F3N3S. The lowest BCUT2D eigenvalue weighted by molar-refractivity contribution is -0.140. The van der Waals surface area contributed by atoms with Crippen LogP contribution in [0, 0.1) is 6.92 Å². The molecule has 0 spiro atoms. The summed E-state index contributed by atoms with van der Waals surface area (Å²) in [4.78, 5) is 7.09. The molecule has 0 radical (unpaired) electrons. The van der Waals surface area contributed by atoms with Crippen molar-refractivity contribution in [2.45, 2.75) is 23.0 Å². The summed E-state index contributed by atoms with van der Waals surface area (Å²) in [6, 6.07) is 10.0. The number of rotatable bonds is 3. The van der Waals surface area contributed by atoms with Crippen molar-refractivity contribution in [1.82, 2.24) is 10.3 Å². The Morgan fingerprint density at radius 3 is 2.54 bits per heavy atom. The van der Waals surface area contributed by atoms with E-state index in [1.807, 2.05) is 30.0 Å². The maximum atomic E-state index is 13.3. The fourth-order valence-electron chi connectivity index (χ4n) is 2.58. The number of halogens is 3. The fraction of sp³-hybridized carbons (Fsp3) is 0.353. The molecule has 1 aromatic heterocycles. The van der Waals surface area contributed by atoms with Crippen molar-refractivity contribution in [3.8, 4) is 0 Å². The Labute approximate surface area is 143 Å². The van der Waals surface area contributed by atoms with E-state index in [0.29, 0.717) is 5.82 Å². The molecule has 128 valence electrons. The Kier molecular flexibility index (Phi) is 5.01. The monoisotopic (exact) mass is 353 g/mol. The summed E-state index contributed by atoms with van der Waals surface area (Å²) in [7, 11) is 0. The van der Waals surface area contributed by atoms with Crippen molar-refractivity contribution in [3.05, 3.63) is 47.5 Å². The van der Waals surface area contributed by atoms with Gasteiger partial charge in [-0.1, -0.05) is 29.5 Å². The first kappa shape index (κ1) is 17.1. The van der Waals surface area contributed by atoms with Crippen LogP contribution in [0.25, 0.3) is 0 Å². The number of aromatic nitrogens is 1. The van der Waals surface area contributed by atoms with E-state index in [1.54, 1.807) is 6.07 Å². The standard InChI is InChI=1S/C17H18F3N3S/c1-12-3-2-4-13(11-12)24-16-14(17(18,19)20)5-6-15(22-16)23-9-7-21-8-10-23/h2-6,11,21H,7-10H2,1H3. The third kappa shape index (κ3) is 4.02. The van der Waals surface area contributed by atoms with Gasteiger partial charge in [-0.15, -0.1) is 0 Å². The van der Waals surface area contributed by atoms with Gasteiger partial charge in [-0.05, 0) is 31.2 Å². The maximum Gasteiger partial charge on any atom is 0.419 e. The highest BCUT2D eigenvalue weighted by Gasteiger charge is 2.35. The number of nitrogens with one attached hydrogen (secondary N) is 1. The van der Waals surface area contributed by atoms with Crippen LogP contribution in [0.15, 0.2) is 46.3 Å². The van der Waals surface area contributed by atoms with E-state index in [9.17, 15) is 13.2 Å². The highest BCUT2D eigenvalue weighted by molar-refractivity contribution is 7.99. The molecule has 0 unspecified atom stereocenters. The Morgan fingerprint density at radius 1 is 1.12 bits per heavy atom. The molecule has 1 aromatic carbocycles. The molecule has 24 heavy (non-hydrogen) atoms. The van der Waals surface area contributed by atoms with Gasteiger partial charge in [0.2, 0.25) is 0 Å². The van der Waals surface area contributed by atoms with Crippen LogP contribution in [0.1, 0.15) is 11.1 Å². The molecule has 0 amide bonds. The van der Waals surface area contributed by atoms with Gasteiger partial charge in [0.05, 0.1) is 5.56 Å². The van der Waals surface area contributed by atoms with E-state index >= 15 is 0 Å². The number of pyridine rings is 1. The lowest BCUT2D eigenvalue weighted by Crippen LogP contribution is -2.44. The van der Waals surface area contributed by atoms with Crippen molar-refractivity contribution in [2.24, 2.45) is 0 Å². The van der Waals surface area contributed by atoms with Crippen LogP contribution in [0.3, 0.4) is 0 Å². The van der Waals surface area contributed by atoms with Crippen molar-refractivity contribution in [1.29, 1.82) is 0 Å². The molecule has 1 aliphatic rings. The summed E-state index contributed by atoms with van der Waals surface area (Å²) in [5.41, 5.74) is 0.319. The molecule has 0 atom stereocenters. The number of hydrogen-bond acceptors (Lipinski definition) is 4. The summed E-state index contributed by atoms with van der Waals surface area (Å²) in [5.74, 6) is 0.597. The summed E-state index contributed by atoms with van der Waals surface area (Å²) in [6.07, 6.45) is -4.42. The predicted octanol–water partition coefficient (Wildman–Crippen LogP) is 3.97. The Bertz CT molecular complexity index is 712. The molecule has 2 aromatic rings. The molecule has 1 N–H and O–H groups in total. The van der Waals surface area contributed by atoms with Crippen LogP contribution in [0.2, 0.25) is 0 Å². The van der Waals surface area contributed by atoms with Crippen molar-refractivity contribution in [2.75, 3.05) is 31.1 Å². The average molecular weight is 353 g/mol. The number of alkyl halides is 3. The Morgan fingerprint density at radius 2 is 1.88 bits per heavy atom. The van der Waals surface area contributed by atoms with Gasteiger partial charge in [-0.2, -0.15) is 13.2 Å². The zero-order valence-electron chi connectivity index (χ0n) is 13.2.